The predicted octanol–water partition coefficient (Wildman–Crippen LogP) is 9.60. The monoisotopic (exact) mass is 1170 g/mol. The number of aliphatic hydroxyl groups is 2. The summed E-state index contributed by atoms with van der Waals surface area (Å²) >= 11 is 10.9. The van der Waals surface area contributed by atoms with E-state index in [1.807, 2.05) is 31.2 Å². The topological polar surface area (TPSA) is 189 Å². The molecule has 5 heterocycles. The van der Waals surface area contributed by atoms with Crippen LogP contribution in [0.5, 0.6) is 0 Å². The molecule has 0 bridgehead atoms. The van der Waals surface area contributed by atoms with Crippen molar-refractivity contribution in [3.05, 3.63) is 125 Å². The zero-order valence-corrected chi connectivity index (χ0v) is 47.8. The van der Waals surface area contributed by atoms with Crippen molar-refractivity contribution < 1.29 is 28.6 Å². The fraction of sp³-hybridized carbons (Fsp3) is 0.426. The number of likely N-dealkylation sites (tertiary alicyclic amines) is 2. The predicted molar refractivity (Wildman–Crippen MR) is 318 cm³/mol. The number of piperidine rings is 4. The van der Waals surface area contributed by atoms with Gasteiger partial charge in [-0.15, -0.1) is 0 Å². The molecular formula is C54H70BrF2N10O4PS3. The summed E-state index contributed by atoms with van der Waals surface area (Å²) < 4.78 is 26.0. The number of benzene rings is 4. The van der Waals surface area contributed by atoms with Gasteiger partial charge >= 0.3 is 0 Å². The van der Waals surface area contributed by atoms with E-state index in [-0.39, 0.29) is 56.2 Å². The Bertz CT molecular complexity index is 2660. The molecule has 3 unspecified atom stereocenters. The Balaban J connectivity index is 0.000000204. The minimum atomic E-state index is -0.466. The van der Waals surface area contributed by atoms with Crippen LogP contribution in [-0.4, -0.2) is 135 Å². The largest absolute Gasteiger partial charge is 0.392 e. The molecule has 4 aliphatic heterocycles. The number of halogens is 3. The fourth-order valence-electron chi connectivity index (χ4n) is 9.72. The number of aliphatic imine (C=N–C) groups is 1. The minimum Gasteiger partial charge on any atom is -0.392 e. The van der Waals surface area contributed by atoms with Crippen molar-refractivity contribution in [3.8, 4) is 0 Å². The second-order valence-corrected chi connectivity index (χ2v) is 21.9. The number of Topliss-reactive ketones (excluding diaryl/α,β-unsaturated/α-hetero) is 1. The number of carbonyl (C=O) groups is 2. The molecule has 4 aromatic carbocycles. The first-order valence-electron chi connectivity index (χ1n) is 25.3. The maximum Gasteiger partial charge on any atom is 0.206 e. The van der Waals surface area contributed by atoms with Crippen molar-refractivity contribution in [2.24, 2.45) is 10.7 Å². The van der Waals surface area contributed by atoms with Crippen LogP contribution in [0.1, 0.15) is 83.9 Å². The number of amidine groups is 1. The second kappa shape index (κ2) is 29.8. The minimum absolute atomic E-state index is 0. The third-order valence-corrected chi connectivity index (χ3v) is 15.9. The van der Waals surface area contributed by atoms with E-state index in [9.17, 15) is 28.6 Å². The standard InChI is InChI=1S/C26H30FN5O2S.C20H31N5OS2.C8H6BrFO.H3P/c27-18-4-1-3-17(15-18)23(34)24-25(28)30-26(35-24)29-19-6-8-20(9-7-19)31-13-10-21(11-14-31)32-12-2-5-22(33)16-32;1-2-28-19(21)23-20(27)22-15-5-7-16(8-6-15)24-12-9-17(10-13-24)25-11-3-4-18(26)14-25;9-5-8(11)6-2-1-3-7(10)4-6;/h1,3-4,6-9,15,21-22,33H,2,5,10-14,16,28H2,(H,29,30);5-8,17-18,26H,2-4,9-14H2,1H3,(H3,21,22,23,27);1-4H,5H2;1H3. The summed E-state index contributed by atoms with van der Waals surface area (Å²) in [6.45, 7) is 10.0. The highest BCUT2D eigenvalue weighted by Crippen LogP contribution is 2.32. The smallest absolute Gasteiger partial charge is 0.206 e. The molecule has 0 spiro atoms. The van der Waals surface area contributed by atoms with Gasteiger partial charge in [-0.1, -0.05) is 70.2 Å². The van der Waals surface area contributed by atoms with E-state index in [4.69, 9.17) is 23.7 Å². The summed E-state index contributed by atoms with van der Waals surface area (Å²) in [5, 5.41) is 27.9. The van der Waals surface area contributed by atoms with Gasteiger partial charge in [0.25, 0.3) is 0 Å². The molecule has 0 radical (unpaired) electrons. The lowest BCUT2D eigenvalue weighted by Crippen LogP contribution is -2.49. The molecule has 4 aliphatic rings. The van der Waals surface area contributed by atoms with Crippen LogP contribution in [-0.2, 0) is 0 Å². The number of anilines is 6. The highest BCUT2D eigenvalue weighted by molar-refractivity contribution is 9.09. The number of thiazole rings is 1. The fourth-order valence-corrected chi connectivity index (χ4v) is 11.6. The molecule has 5 aromatic rings. The molecule has 8 N–H and O–H groups in total. The molecule has 75 heavy (non-hydrogen) atoms. The van der Waals surface area contributed by atoms with Gasteiger partial charge in [0.05, 0.1) is 17.5 Å². The summed E-state index contributed by atoms with van der Waals surface area (Å²) in [6.07, 6.45) is 8.28. The molecule has 9 rings (SSSR count). The van der Waals surface area contributed by atoms with E-state index < -0.39 is 5.82 Å². The molecule has 21 heteroatoms. The van der Waals surface area contributed by atoms with Crippen LogP contribution < -0.4 is 31.9 Å². The van der Waals surface area contributed by atoms with Crippen molar-refractivity contribution in [1.29, 1.82) is 0 Å². The van der Waals surface area contributed by atoms with Crippen LogP contribution in [0.25, 0.3) is 0 Å². The highest BCUT2D eigenvalue weighted by atomic mass is 79.9. The second-order valence-electron chi connectivity index (χ2n) is 18.7. The molecule has 404 valence electrons. The maximum atomic E-state index is 13.5. The van der Waals surface area contributed by atoms with Gasteiger partial charge in [-0.3, -0.25) is 19.4 Å². The van der Waals surface area contributed by atoms with Crippen LogP contribution in [0.2, 0.25) is 0 Å². The van der Waals surface area contributed by atoms with Crippen molar-refractivity contribution >= 4 is 117 Å². The number of nitrogens with one attached hydrogen (secondary N) is 2. The first kappa shape index (κ1) is 59.6. The van der Waals surface area contributed by atoms with Crippen LogP contribution >= 0.6 is 61.1 Å². The first-order valence-corrected chi connectivity index (χ1v) is 28.6. The van der Waals surface area contributed by atoms with Crippen LogP contribution in [0.3, 0.4) is 0 Å². The summed E-state index contributed by atoms with van der Waals surface area (Å²) in [7, 11) is 0. The van der Waals surface area contributed by atoms with Gasteiger partial charge in [0, 0.05) is 85.2 Å². The molecule has 4 fully saturated rings. The average Bonchev–Trinajstić information content (AvgIpc) is 3.78. The molecule has 4 saturated heterocycles. The number of β-amino-alcohol motifs (C(OH)–C–C–N with tert-alkyl or cyclic N) is 2. The summed E-state index contributed by atoms with van der Waals surface area (Å²) in [6, 6.07) is 28.9. The Hall–Kier alpha value is -4.63. The zero-order valence-electron chi connectivity index (χ0n) is 42.4. The van der Waals surface area contributed by atoms with Gasteiger partial charge in [-0.05, 0) is 155 Å². The lowest BCUT2D eigenvalue weighted by atomic mass is 9.98. The first-order chi connectivity index (χ1) is 35.7. The number of thioether (sulfide) groups is 1. The van der Waals surface area contributed by atoms with Gasteiger partial charge in [0.15, 0.2) is 21.2 Å². The van der Waals surface area contributed by atoms with E-state index in [1.165, 1.54) is 59.5 Å². The molecule has 0 amide bonds. The van der Waals surface area contributed by atoms with Crippen LogP contribution in [0, 0.1) is 11.6 Å². The number of nitrogens with two attached hydrogens (primary N) is 2. The number of thiocarbonyl (C=S) groups is 1. The quantitative estimate of drug-likeness (QED) is 0.0173. The zero-order chi connectivity index (χ0) is 52.6. The van der Waals surface area contributed by atoms with Gasteiger partial charge in [0.2, 0.25) is 5.78 Å². The van der Waals surface area contributed by atoms with E-state index in [1.54, 1.807) is 12.1 Å². The van der Waals surface area contributed by atoms with Gasteiger partial charge in [-0.25, -0.2) is 13.8 Å². The molecule has 0 saturated carbocycles. The SMILES string of the molecule is CCSC(N)=NC(=S)Nc1ccc(N2CCC(N3CCCC(O)C3)CC2)cc1.Nc1nc(Nc2ccc(N3CCC(N4CCCC(O)C4)CC3)cc2)sc1C(=O)c1cccc(F)c1.O=C(CBr)c1cccc(F)c1.P. The summed E-state index contributed by atoms with van der Waals surface area (Å²) in [5.41, 5.74) is 16.6. The number of ketones is 2. The number of aromatic nitrogens is 1. The summed E-state index contributed by atoms with van der Waals surface area (Å²) in [5.74, 6) is -0.284. The highest BCUT2D eigenvalue weighted by Gasteiger charge is 2.30. The van der Waals surface area contributed by atoms with Crippen LogP contribution in [0.4, 0.5) is 42.5 Å². The Morgan fingerprint density at radius 1 is 0.773 bits per heavy atom. The maximum absolute atomic E-state index is 13.5. The van der Waals surface area contributed by atoms with Crippen LogP contribution in [0.15, 0.2) is 102 Å². The number of nitrogens with zero attached hydrogens (tertiary/aromatic N) is 6. The molecular weight excluding hydrogens is 1100 g/mol. The summed E-state index contributed by atoms with van der Waals surface area (Å²) in [4.78, 5) is 42.2. The average molecular weight is 1170 g/mol. The number of carbonyl (C=O) groups excluding carboxylic acids is 2. The lowest BCUT2D eigenvalue weighted by Gasteiger charge is -2.42. The molecule has 14 nitrogen and oxygen atoms in total. The number of hydrogen-bond donors (Lipinski definition) is 6. The van der Waals surface area contributed by atoms with Gasteiger partial charge in [0.1, 0.15) is 22.3 Å². The normalized spacial score (nSPS) is 18.9. The van der Waals surface area contributed by atoms with E-state index in [0.717, 1.165) is 132 Å². The third-order valence-electron chi connectivity index (χ3n) is 13.5. The van der Waals surface area contributed by atoms with E-state index >= 15 is 0 Å². The number of alkyl halides is 1. The van der Waals surface area contributed by atoms with Crippen molar-refractivity contribution in [3.63, 3.8) is 0 Å². The Morgan fingerprint density at radius 3 is 1.75 bits per heavy atom. The number of nitrogen functional groups attached to an aromatic ring is 1. The van der Waals surface area contributed by atoms with Gasteiger partial charge < -0.3 is 42.1 Å². The van der Waals surface area contributed by atoms with Crippen molar-refractivity contribution in [2.75, 3.05) is 89.6 Å². The lowest BCUT2D eigenvalue weighted by molar-refractivity contribution is 0.0397. The number of aliphatic hydroxyl groups excluding tert-OH is 2. The van der Waals surface area contributed by atoms with E-state index in [2.05, 4.69) is 80.4 Å². The number of hydrogen-bond acceptors (Lipinski definition) is 14. The molecule has 3 atom stereocenters. The Kier molecular flexibility index (Phi) is 23.7. The van der Waals surface area contributed by atoms with Crippen molar-refractivity contribution in [2.45, 2.75) is 82.6 Å². The third kappa shape index (κ3) is 18.0. The number of rotatable bonds is 12. The molecule has 0 aliphatic carbocycles. The molecule has 1 aromatic heterocycles. The van der Waals surface area contributed by atoms with E-state index in [0.29, 0.717) is 37.9 Å². The Morgan fingerprint density at radius 2 is 1.27 bits per heavy atom. The Labute approximate surface area is 464 Å². The van der Waals surface area contributed by atoms with Gasteiger partial charge in [-0.2, -0.15) is 14.9 Å². The van der Waals surface area contributed by atoms with Crippen molar-refractivity contribution in [1.82, 2.24) is 14.8 Å².